The van der Waals surface area contributed by atoms with Crippen molar-refractivity contribution in [2.24, 2.45) is 0 Å². The Morgan fingerprint density at radius 2 is 2.00 bits per heavy atom. The Labute approximate surface area is 118 Å². The molecule has 1 aromatic heterocycles. The lowest BCUT2D eigenvalue weighted by Gasteiger charge is -2.21. The van der Waals surface area contributed by atoms with Crippen LogP contribution in [0.15, 0.2) is 12.1 Å². The molecule has 0 spiro atoms. The number of fused-ring (bicyclic) bond motifs is 1. The number of rotatable bonds is 2. The van der Waals surface area contributed by atoms with E-state index in [2.05, 4.69) is 11.1 Å². The third-order valence-electron chi connectivity index (χ3n) is 3.23. The topological polar surface area (TPSA) is 39.9 Å². The van der Waals surface area contributed by atoms with Crippen molar-refractivity contribution in [2.45, 2.75) is 20.3 Å². The van der Waals surface area contributed by atoms with Crippen molar-refractivity contribution in [2.75, 3.05) is 19.0 Å². The smallest absolute Gasteiger partial charge is 0.0756 e. The van der Waals surface area contributed by atoms with Gasteiger partial charge in [-0.05, 0) is 31.5 Å². The number of halogens is 1. The summed E-state index contributed by atoms with van der Waals surface area (Å²) in [5, 5.41) is 10.7. The van der Waals surface area contributed by atoms with Gasteiger partial charge in [-0.3, -0.25) is 4.98 Å². The minimum atomic E-state index is 0.355. The van der Waals surface area contributed by atoms with Crippen molar-refractivity contribution in [3.63, 3.8) is 0 Å². The van der Waals surface area contributed by atoms with E-state index in [4.69, 9.17) is 16.9 Å². The predicted molar refractivity (Wildman–Crippen MR) is 79.9 cm³/mol. The Kier molecular flexibility index (Phi) is 3.64. The zero-order valence-electron chi connectivity index (χ0n) is 11.6. The van der Waals surface area contributed by atoms with E-state index in [-0.39, 0.29) is 0 Å². The second-order valence-corrected chi connectivity index (χ2v) is 5.31. The maximum atomic E-state index is 9.01. The fourth-order valence-corrected chi connectivity index (χ4v) is 2.71. The first-order valence-electron chi connectivity index (χ1n) is 6.09. The number of hydrogen-bond acceptors (Lipinski definition) is 3. The summed E-state index contributed by atoms with van der Waals surface area (Å²) < 4.78 is 0. The molecule has 0 bridgehead atoms. The van der Waals surface area contributed by atoms with Crippen LogP contribution in [0.4, 0.5) is 5.69 Å². The van der Waals surface area contributed by atoms with Crippen molar-refractivity contribution >= 4 is 28.2 Å². The first-order valence-corrected chi connectivity index (χ1v) is 6.47. The normalized spacial score (nSPS) is 10.5. The average molecular weight is 274 g/mol. The van der Waals surface area contributed by atoms with Crippen LogP contribution in [0.3, 0.4) is 0 Å². The van der Waals surface area contributed by atoms with Gasteiger partial charge in [0.25, 0.3) is 0 Å². The SMILES string of the molecule is Cc1nc2c(C)cc(Cl)cc2c(N(C)C)c1CC#N. The molecular formula is C15H16ClN3. The molecule has 0 fully saturated rings. The van der Waals surface area contributed by atoms with Gasteiger partial charge >= 0.3 is 0 Å². The minimum absolute atomic E-state index is 0.355. The van der Waals surface area contributed by atoms with Gasteiger partial charge in [-0.15, -0.1) is 0 Å². The number of nitriles is 1. The van der Waals surface area contributed by atoms with Gasteiger partial charge < -0.3 is 4.90 Å². The molecule has 0 radical (unpaired) electrons. The van der Waals surface area contributed by atoms with E-state index in [0.717, 1.165) is 33.4 Å². The second-order valence-electron chi connectivity index (χ2n) is 4.87. The summed E-state index contributed by atoms with van der Waals surface area (Å²) in [7, 11) is 3.96. The highest BCUT2D eigenvalue weighted by atomic mass is 35.5. The summed E-state index contributed by atoms with van der Waals surface area (Å²) in [6.07, 6.45) is 0.355. The number of nitrogens with zero attached hydrogens (tertiary/aromatic N) is 3. The molecule has 0 saturated carbocycles. The number of anilines is 1. The van der Waals surface area contributed by atoms with Crippen LogP contribution in [0.5, 0.6) is 0 Å². The Morgan fingerprint density at radius 3 is 2.58 bits per heavy atom. The first kappa shape index (κ1) is 13.6. The molecule has 0 aliphatic rings. The maximum absolute atomic E-state index is 9.01. The van der Waals surface area contributed by atoms with Gasteiger partial charge in [0.2, 0.25) is 0 Å². The molecule has 1 heterocycles. The van der Waals surface area contributed by atoms with Gasteiger partial charge in [-0.2, -0.15) is 5.26 Å². The molecule has 0 unspecified atom stereocenters. The number of hydrogen-bond donors (Lipinski definition) is 0. The number of benzene rings is 1. The van der Waals surface area contributed by atoms with Gasteiger partial charge in [0.1, 0.15) is 0 Å². The molecule has 19 heavy (non-hydrogen) atoms. The van der Waals surface area contributed by atoms with E-state index in [0.29, 0.717) is 11.4 Å². The van der Waals surface area contributed by atoms with Crippen LogP contribution in [0.25, 0.3) is 10.9 Å². The summed E-state index contributed by atoms with van der Waals surface area (Å²) >= 11 is 6.16. The molecule has 3 nitrogen and oxygen atoms in total. The fraction of sp³-hybridized carbons (Fsp3) is 0.333. The standard InChI is InChI=1S/C15H16ClN3/c1-9-7-11(16)8-13-14(9)18-10(2)12(5-6-17)15(13)19(3)4/h7-8H,5H2,1-4H3. The molecule has 0 N–H and O–H groups in total. The van der Waals surface area contributed by atoms with Gasteiger partial charge in [0.15, 0.2) is 0 Å². The lowest BCUT2D eigenvalue weighted by atomic mass is 10.0. The predicted octanol–water partition coefficient (Wildman–Crippen LogP) is 3.64. The third kappa shape index (κ3) is 2.36. The second kappa shape index (κ2) is 5.07. The summed E-state index contributed by atoms with van der Waals surface area (Å²) in [6.45, 7) is 3.96. The van der Waals surface area contributed by atoms with Crippen molar-refractivity contribution in [3.05, 3.63) is 34.0 Å². The molecule has 0 atom stereocenters. The van der Waals surface area contributed by atoms with Crippen molar-refractivity contribution in [1.29, 1.82) is 5.26 Å². The highest BCUT2D eigenvalue weighted by molar-refractivity contribution is 6.31. The largest absolute Gasteiger partial charge is 0.377 e. The number of aromatic nitrogens is 1. The van der Waals surface area contributed by atoms with E-state index >= 15 is 0 Å². The molecule has 0 amide bonds. The lowest BCUT2D eigenvalue weighted by molar-refractivity contribution is 1.06. The van der Waals surface area contributed by atoms with Crippen LogP contribution in [-0.4, -0.2) is 19.1 Å². The van der Waals surface area contributed by atoms with E-state index in [1.807, 2.05) is 45.0 Å². The average Bonchev–Trinajstić information content (AvgIpc) is 2.31. The monoisotopic (exact) mass is 273 g/mol. The summed E-state index contributed by atoms with van der Waals surface area (Å²) in [6, 6.07) is 6.05. The molecule has 98 valence electrons. The molecule has 0 aliphatic carbocycles. The van der Waals surface area contributed by atoms with Crippen LogP contribution < -0.4 is 4.90 Å². The molecule has 0 saturated heterocycles. The maximum Gasteiger partial charge on any atom is 0.0756 e. The number of pyridine rings is 1. The highest BCUT2D eigenvalue weighted by Gasteiger charge is 2.15. The van der Waals surface area contributed by atoms with E-state index in [1.54, 1.807) is 0 Å². The zero-order chi connectivity index (χ0) is 14.2. The van der Waals surface area contributed by atoms with Gasteiger partial charge in [-0.25, -0.2) is 0 Å². The van der Waals surface area contributed by atoms with Gasteiger partial charge in [-0.1, -0.05) is 11.6 Å². The third-order valence-corrected chi connectivity index (χ3v) is 3.44. The molecule has 0 aliphatic heterocycles. The minimum Gasteiger partial charge on any atom is -0.377 e. The highest BCUT2D eigenvalue weighted by Crippen LogP contribution is 2.34. The van der Waals surface area contributed by atoms with Crippen LogP contribution in [0.2, 0.25) is 5.02 Å². The molecule has 1 aromatic carbocycles. The Morgan fingerprint density at radius 1 is 1.32 bits per heavy atom. The summed E-state index contributed by atoms with van der Waals surface area (Å²) in [4.78, 5) is 6.67. The summed E-state index contributed by atoms with van der Waals surface area (Å²) in [5.74, 6) is 0. The van der Waals surface area contributed by atoms with Crippen molar-refractivity contribution < 1.29 is 0 Å². The van der Waals surface area contributed by atoms with Crippen LogP contribution in [0.1, 0.15) is 16.8 Å². The van der Waals surface area contributed by atoms with Gasteiger partial charge in [0.05, 0.1) is 23.7 Å². The van der Waals surface area contributed by atoms with E-state index < -0.39 is 0 Å². The van der Waals surface area contributed by atoms with Crippen LogP contribution in [0, 0.1) is 25.2 Å². The molecule has 2 aromatic rings. The Balaban J connectivity index is 2.95. The number of aryl methyl sites for hydroxylation is 2. The molecule has 2 rings (SSSR count). The van der Waals surface area contributed by atoms with Crippen molar-refractivity contribution in [3.8, 4) is 6.07 Å². The fourth-order valence-electron chi connectivity index (χ4n) is 2.44. The quantitative estimate of drug-likeness (QED) is 0.839. The first-order chi connectivity index (χ1) is 8.95. The Bertz CT molecular complexity index is 684. The molecule has 4 heteroatoms. The summed E-state index contributed by atoms with van der Waals surface area (Å²) in [5.41, 5.74) is 4.92. The van der Waals surface area contributed by atoms with E-state index in [1.165, 1.54) is 0 Å². The van der Waals surface area contributed by atoms with Gasteiger partial charge in [0, 0.05) is 35.8 Å². The Hall–Kier alpha value is -1.79. The van der Waals surface area contributed by atoms with E-state index in [9.17, 15) is 0 Å². The van der Waals surface area contributed by atoms with Crippen LogP contribution in [-0.2, 0) is 6.42 Å². The molecular weight excluding hydrogens is 258 g/mol. The zero-order valence-corrected chi connectivity index (χ0v) is 12.3. The lowest BCUT2D eigenvalue weighted by Crippen LogP contribution is -2.14. The van der Waals surface area contributed by atoms with Crippen molar-refractivity contribution in [1.82, 2.24) is 4.98 Å². The van der Waals surface area contributed by atoms with Crippen LogP contribution >= 0.6 is 11.6 Å².